The minimum Gasteiger partial charge on any atom is -0.170 e. The minimum absolute atomic E-state index is 0.368. The average molecular weight is 164 g/mol. The van der Waals surface area contributed by atoms with Gasteiger partial charge in [0, 0.05) is 0 Å². The molecule has 2 aliphatic rings. The number of halogens is 3. The molecule has 0 amide bonds. The number of rotatable bonds is 1. The predicted molar refractivity (Wildman–Crippen MR) is 35.1 cm³/mol. The molecular formula is C8H11F3. The topological polar surface area (TPSA) is 0 Å². The van der Waals surface area contributed by atoms with E-state index in [2.05, 4.69) is 0 Å². The van der Waals surface area contributed by atoms with E-state index in [4.69, 9.17) is 0 Å². The van der Waals surface area contributed by atoms with Crippen molar-refractivity contribution in [1.29, 1.82) is 0 Å². The van der Waals surface area contributed by atoms with Crippen LogP contribution >= 0.6 is 0 Å². The third-order valence-corrected chi connectivity index (χ3v) is 3.45. The van der Waals surface area contributed by atoms with Gasteiger partial charge in [0.25, 0.3) is 0 Å². The molecule has 2 saturated carbocycles. The minimum atomic E-state index is -3.95. The van der Waals surface area contributed by atoms with Crippen LogP contribution in [0.5, 0.6) is 0 Å². The smallest absolute Gasteiger partial charge is 0.170 e. The van der Waals surface area contributed by atoms with E-state index in [1.165, 1.54) is 0 Å². The van der Waals surface area contributed by atoms with Gasteiger partial charge < -0.3 is 0 Å². The molecule has 0 heterocycles. The highest BCUT2D eigenvalue weighted by atomic mass is 19.4. The SMILES string of the molecule is CC1(C2(C(F)(F)F)CC2)CC1. The van der Waals surface area contributed by atoms with Crippen LogP contribution in [0.3, 0.4) is 0 Å². The fraction of sp³-hybridized carbons (Fsp3) is 1.00. The van der Waals surface area contributed by atoms with Gasteiger partial charge >= 0.3 is 6.18 Å². The van der Waals surface area contributed by atoms with E-state index in [0.29, 0.717) is 12.8 Å². The zero-order chi connectivity index (χ0) is 8.33. The summed E-state index contributed by atoms with van der Waals surface area (Å²) in [4.78, 5) is 0. The third kappa shape index (κ3) is 0.769. The van der Waals surface area contributed by atoms with Crippen molar-refractivity contribution < 1.29 is 13.2 Å². The lowest BCUT2D eigenvalue weighted by Gasteiger charge is -2.25. The Hall–Kier alpha value is -0.210. The first-order valence-corrected chi connectivity index (χ1v) is 3.98. The van der Waals surface area contributed by atoms with E-state index in [1.54, 1.807) is 6.92 Å². The summed E-state index contributed by atoms with van der Waals surface area (Å²) < 4.78 is 37.3. The van der Waals surface area contributed by atoms with Crippen molar-refractivity contribution in [2.75, 3.05) is 0 Å². The fourth-order valence-electron chi connectivity index (χ4n) is 2.02. The van der Waals surface area contributed by atoms with Crippen LogP contribution in [-0.2, 0) is 0 Å². The summed E-state index contributed by atoms with van der Waals surface area (Å²) in [5.74, 6) is 0. The van der Waals surface area contributed by atoms with Gasteiger partial charge in [0.1, 0.15) is 0 Å². The number of hydrogen-bond acceptors (Lipinski definition) is 0. The maximum Gasteiger partial charge on any atom is 0.395 e. The molecule has 11 heavy (non-hydrogen) atoms. The zero-order valence-electron chi connectivity index (χ0n) is 6.46. The number of hydrogen-bond donors (Lipinski definition) is 0. The van der Waals surface area contributed by atoms with Gasteiger partial charge in [-0.05, 0) is 31.1 Å². The molecule has 0 N–H and O–H groups in total. The second-order valence-corrected chi connectivity index (χ2v) is 4.14. The average Bonchev–Trinajstić information content (AvgIpc) is 2.49. The van der Waals surface area contributed by atoms with Gasteiger partial charge in [0.2, 0.25) is 0 Å². The lowest BCUT2D eigenvalue weighted by Crippen LogP contribution is -2.31. The highest BCUT2D eigenvalue weighted by molar-refractivity contribution is 5.15. The predicted octanol–water partition coefficient (Wildman–Crippen LogP) is 3.13. The van der Waals surface area contributed by atoms with Crippen molar-refractivity contribution in [2.24, 2.45) is 10.8 Å². The molecule has 0 saturated heterocycles. The molecule has 0 aliphatic heterocycles. The second kappa shape index (κ2) is 1.59. The molecule has 0 unspecified atom stereocenters. The molecule has 0 bridgehead atoms. The Morgan fingerprint density at radius 3 is 1.55 bits per heavy atom. The van der Waals surface area contributed by atoms with E-state index in [9.17, 15) is 13.2 Å². The standard InChI is InChI=1S/C8H11F3/c1-6(2-3-6)7(4-5-7)8(9,10)11/h2-5H2,1H3. The first kappa shape index (κ1) is 7.44. The van der Waals surface area contributed by atoms with E-state index in [1.807, 2.05) is 0 Å². The van der Waals surface area contributed by atoms with E-state index >= 15 is 0 Å². The van der Waals surface area contributed by atoms with Gasteiger partial charge in [-0.3, -0.25) is 0 Å². The van der Waals surface area contributed by atoms with E-state index in [-0.39, 0.29) is 5.41 Å². The molecule has 2 fully saturated rings. The van der Waals surface area contributed by atoms with Gasteiger partial charge in [-0.1, -0.05) is 6.92 Å². The van der Waals surface area contributed by atoms with Crippen LogP contribution in [0.25, 0.3) is 0 Å². The summed E-state index contributed by atoms with van der Waals surface area (Å²) in [6.45, 7) is 1.77. The molecule has 2 aliphatic carbocycles. The Balaban J connectivity index is 2.23. The molecular weight excluding hydrogens is 153 g/mol. The Bertz CT molecular complexity index is 177. The maximum atomic E-state index is 12.4. The van der Waals surface area contributed by atoms with Crippen molar-refractivity contribution >= 4 is 0 Å². The van der Waals surface area contributed by atoms with Crippen molar-refractivity contribution in [3.05, 3.63) is 0 Å². The Labute approximate surface area is 63.8 Å². The molecule has 0 nitrogen and oxygen atoms in total. The molecule has 0 aromatic rings. The lowest BCUT2D eigenvalue weighted by molar-refractivity contribution is -0.205. The van der Waals surface area contributed by atoms with Gasteiger partial charge in [-0.2, -0.15) is 13.2 Å². The van der Waals surface area contributed by atoms with Crippen molar-refractivity contribution in [1.82, 2.24) is 0 Å². The molecule has 0 aromatic heterocycles. The summed E-state index contributed by atoms with van der Waals surface area (Å²) >= 11 is 0. The highest BCUT2D eigenvalue weighted by Gasteiger charge is 2.74. The Kier molecular flexibility index (Phi) is 1.08. The molecule has 0 spiro atoms. The largest absolute Gasteiger partial charge is 0.395 e. The molecule has 0 aromatic carbocycles. The molecule has 3 heteroatoms. The zero-order valence-corrected chi connectivity index (χ0v) is 6.46. The summed E-state index contributed by atoms with van der Waals surface area (Å²) in [6, 6.07) is 0. The lowest BCUT2D eigenvalue weighted by atomic mass is 9.87. The van der Waals surface area contributed by atoms with Gasteiger partial charge in [0.05, 0.1) is 5.41 Å². The first-order chi connectivity index (χ1) is 4.91. The normalized spacial score (nSPS) is 31.6. The fourth-order valence-corrected chi connectivity index (χ4v) is 2.02. The van der Waals surface area contributed by atoms with Crippen LogP contribution in [0, 0.1) is 10.8 Å². The van der Waals surface area contributed by atoms with Crippen LogP contribution < -0.4 is 0 Å². The summed E-state index contributed by atoms with van der Waals surface area (Å²) in [7, 11) is 0. The van der Waals surface area contributed by atoms with Gasteiger partial charge in [-0.15, -0.1) is 0 Å². The van der Waals surface area contributed by atoms with Crippen molar-refractivity contribution in [2.45, 2.75) is 38.8 Å². The van der Waals surface area contributed by atoms with E-state index < -0.39 is 11.6 Å². The Morgan fingerprint density at radius 1 is 1.00 bits per heavy atom. The van der Waals surface area contributed by atoms with E-state index in [0.717, 1.165) is 12.8 Å². The maximum absolute atomic E-state index is 12.4. The van der Waals surface area contributed by atoms with Crippen molar-refractivity contribution in [3.63, 3.8) is 0 Å². The molecule has 2 rings (SSSR count). The van der Waals surface area contributed by atoms with Crippen LogP contribution in [0.1, 0.15) is 32.6 Å². The molecule has 0 atom stereocenters. The van der Waals surface area contributed by atoms with Crippen molar-refractivity contribution in [3.8, 4) is 0 Å². The molecule has 64 valence electrons. The van der Waals surface area contributed by atoms with Crippen LogP contribution in [-0.4, -0.2) is 6.18 Å². The van der Waals surface area contributed by atoms with Crippen LogP contribution in [0.4, 0.5) is 13.2 Å². The first-order valence-electron chi connectivity index (χ1n) is 3.98. The summed E-state index contributed by atoms with van der Waals surface area (Å²) in [6.07, 6.45) is -1.67. The third-order valence-electron chi connectivity index (χ3n) is 3.45. The monoisotopic (exact) mass is 164 g/mol. The summed E-state index contributed by atoms with van der Waals surface area (Å²) in [5, 5.41) is 0. The van der Waals surface area contributed by atoms with Gasteiger partial charge in [0.15, 0.2) is 0 Å². The second-order valence-electron chi connectivity index (χ2n) is 4.14. The molecule has 0 radical (unpaired) electrons. The summed E-state index contributed by atoms with van der Waals surface area (Å²) in [5.41, 5.74) is -1.65. The van der Waals surface area contributed by atoms with Crippen LogP contribution in [0.15, 0.2) is 0 Å². The quantitative estimate of drug-likeness (QED) is 0.558. The number of alkyl halides is 3. The Morgan fingerprint density at radius 2 is 1.45 bits per heavy atom. The van der Waals surface area contributed by atoms with Gasteiger partial charge in [-0.25, -0.2) is 0 Å². The van der Waals surface area contributed by atoms with Crippen LogP contribution in [0.2, 0.25) is 0 Å². The highest BCUT2D eigenvalue weighted by Crippen LogP contribution is 2.75.